The maximum Gasteiger partial charge on any atom is 0.417 e. The van der Waals surface area contributed by atoms with Crippen molar-refractivity contribution in [3.05, 3.63) is 70.9 Å². The first kappa shape index (κ1) is 18.5. The molecule has 3 rings (SSSR count). The van der Waals surface area contributed by atoms with Crippen LogP contribution in [0.25, 0.3) is 10.9 Å². The molecule has 8 heteroatoms. The Hall–Kier alpha value is -3.29. The standard InChI is InChI=1S/C19H16F3N3O2/c1-11-12-6-3-5-9-15(12)25(24-10-16(23)26)17(11)18(27)13-7-2-4-8-14(13)19(20,21)22/h2-9,24H,10H2,1H3,(H2,23,26). The van der Waals surface area contributed by atoms with E-state index in [-0.39, 0.29) is 12.2 Å². The quantitative estimate of drug-likeness (QED) is 0.672. The van der Waals surface area contributed by atoms with Crippen molar-refractivity contribution in [1.29, 1.82) is 0 Å². The van der Waals surface area contributed by atoms with Gasteiger partial charge in [-0.05, 0) is 24.6 Å². The number of aromatic nitrogens is 1. The van der Waals surface area contributed by atoms with Gasteiger partial charge in [0.25, 0.3) is 0 Å². The van der Waals surface area contributed by atoms with Crippen molar-refractivity contribution in [3.63, 3.8) is 0 Å². The number of primary amides is 1. The summed E-state index contributed by atoms with van der Waals surface area (Å²) in [6.07, 6.45) is -4.67. The predicted octanol–water partition coefficient (Wildman–Crippen LogP) is 3.23. The lowest BCUT2D eigenvalue weighted by Gasteiger charge is -2.15. The molecule has 0 saturated heterocycles. The number of nitrogens with one attached hydrogen (secondary N) is 1. The van der Waals surface area contributed by atoms with Gasteiger partial charge in [0.2, 0.25) is 11.7 Å². The van der Waals surface area contributed by atoms with E-state index in [0.717, 1.165) is 12.1 Å². The number of halogens is 3. The number of fused-ring (bicyclic) bond motifs is 1. The molecule has 0 aliphatic rings. The second-order valence-corrected chi connectivity index (χ2v) is 6.00. The molecule has 3 aromatic rings. The second kappa shape index (κ2) is 6.79. The second-order valence-electron chi connectivity index (χ2n) is 6.00. The van der Waals surface area contributed by atoms with E-state index >= 15 is 0 Å². The van der Waals surface area contributed by atoms with E-state index in [9.17, 15) is 22.8 Å². The van der Waals surface area contributed by atoms with Crippen LogP contribution in [0.2, 0.25) is 0 Å². The Morgan fingerprint density at radius 3 is 2.37 bits per heavy atom. The molecule has 0 fully saturated rings. The van der Waals surface area contributed by atoms with E-state index in [4.69, 9.17) is 5.73 Å². The fraction of sp³-hybridized carbons (Fsp3) is 0.158. The van der Waals surface area contributed by atoms with Gasteiger partial charge in [-0.1, -0.05) is 36.4 Å². The van der Waals surface area contributed by atoms with Gasteiger partial charge in [-0.25, -0.2) is 0 Å². The zero-order valence-electron chi connectivity index (χ0n) is 14.3. The van der Waals surface area contributed by atoms with E-state index in [1.165, 1.54) is 16.8 Å². The van der Waals surface area contributed by atoms with Gasteiger partial charge in [0.05, 0.1) is 11.1 Å². The highest BCUT2D eigenvalue weighted by molar-refractivity contribution is 6.13. The number of carbonyl (C=O) groups is 2. The van der Waals surface area contributed by atoms with Gasteiger partial charge in [-0.2, -0.15) is 13.2 Å². The van der Waals surface area contributed by atoms with Crippen LogP contribution in [0.4, 0.5) is 13.2 Å². The molecule has 0 aliphatic heterocycles. The van der Waals surface area contributed by atoms with Crippen molar-refractivity contribution in [2.75, 3.05) is 12.0 Å². The smallest absolute Gasteiger partial charge is 0.368 e. The van der Waals surface area contributed by atoms with Crippen LogP contribution in [-0.4, -0.2) is 22.9 Å². The predicted molar refractivity (Wildman–Crippen MR) is 95.0 cm³/mol. The van der Waals surface area contributed by atoms with Crippen molar-refractivity contribution < 1.29 is 22.8 Å². The molecule has 0 unspecified atom stereocenters. The van der Waals surface area contributed by atoms with Gasteiger partial charge < -0.3 is 11.2 Å². The van der Waals surface area contributed by atoms with Crippen LogP contribution in [0.3, 0.4) is 0 Å². The average molecular weight is 375 g/mol. The molecule has 1 heterocycles. The molecular weight excluding hydrogens is 359 g/mol. The number of nitrogens with two attached hydrogens (primary N) is 1. The number of aryl methyl sites for hydroxylation is 1. The van der Waals surface area contributed by atoms with Crippen LogP contribution in [0, 0.1) is 6.92 Å². The summed E-state index contributed by atoms with van der Waals surface area (Å²) in [5, 5.41) is 0.683. The average Bonchev–Trinajstić information content (AvgIpc) is 2.91. The third kappa shape index (κ3) is 3.38. The van der Waals surface area contributed by atoms with Gasteiger partial charge in [-0.3, -0.25) is 14.3 Å². The van der Waals surface area contributed by atoms with Gasteiger partial charge in [0.1, 0.15) is 12.2 Å². The highest BCUT2D eigenvalue weighted by Crippen LogP contribution is 2.34. The van der Waals surface area contributed by atoms with E-state index in [1.807, 2.05) is 0 Å². The van der Waals surface area contributed by atoms with Gasteiger partial charge in [0.15, 0.2) is 0 Å². The van der Waals surface area contributed by atoms with Crippen LogP contribution >= 0.6 is 0 Å². The van der Waals surface area contributed by atoms with Crippen molar-refractivity contribution in [2.45, 2.75) is 13.1 Å². The fourth-order valence-corrected chi connectivity index (χ4v) is 3.05. The number of hydrogen-bond donors (Lipinski definition) is 2. The summed E-state index contributed by atoms with van der Waals surface area (Å²) in [6, 6.07) is 11.5. The maximum absolute atomic E-state index is 13.3. The Morgan fingerprint density at radius 1 is 1.07 bits per heavy atom. The minimum atomic E-state index is -4.67. The summed E-state index contributed by atoms with van der Waals surface area (Å²) in [7, 11) is 0. The zero-order valence-corrected chi connectivity index (χ0v) is 14.3. The first-order valence-electron chi connectivity index (χ1n) is 8.05. The van der Waals surface area contributed by atoms with Crippen molar-refractivity contribution >= 4 is 22.6 Å². The zero-order chi connectivity index (χ0) is 19.8. The summed E-state index contributed by atoms with van der Waals surface area (Å²) in [6.45, 7) is 1.37. The molecule has 3 N–H and O–H groups in total. The number of alkyl halides is 3. The topological polar surface area (TPSA) is 77.1 Å². The Labute approximate surface area is 152 Å². The lowest BCUT2D eigenvalue weighted by atomic mass is 9.99. The normalized spacial score (nSPS) is 11.6. The van der Waals surface area contributed by atoms with Gasteiger partial charge in [-0.15, -0.1) is 0 Å². The summed E-state index contributed by atoms with van der Waals surface area (Å²) >= 11 is 0. The monoisotopic (exact) mass is 375 g/mol. The largest absolute Gasteiger partial charge is 0.417 e. The first-order chi connectivity index (χ1) is 12.7. The number of benzene rings is 2. The number of amides is 1. The number of carbonyl (C=O) groups excluding carboxylic acids is 2. The molecular formula is C19H16F3N3O2. The summed E-state index contributed by atoms with van der Waals surface area (Å²) in [4.78, 5) is 24.3. The van der Waals surface area contributed by atoms with Crippen molar-refractivity contribution in [1.82, 2.24) is 4.68 Å². The lowest BCUT2D eigenvalue weighted by Crippen LogP contribution is -2.30. The highest BCUT2D eigenvalue weighted by Gasteiger charge is 2.36. The third-order valence-electron chi connectivity index (χ3n) is 4.23. The number of para-hydroxylation sites is 1. The Bertz CT molecular complexity index is 1040. The van der Waals surface area contributed by atoms with Crippen LogP contribution in [-0.2, 0) is 11.0 Å². The van der Waals surface area contributed by atoms with E-state index in [2.05, 4.69) is 5.43 Å². The molecule has 0 spiro atoms. The number of hydrogen-bond acceptors (Lipinski definition) is 3. The van der Waals surface area contributed by atoms with Crippen LogP contribution in [0.5, 0.6) is 0 Å². The summed E-state index contributed by atoms with van der Waals surface area (Å²) in [5.41, 5.74) is 7.50. The molecule has 1 amide bonds. The summed E-state index contributed by atoms with van der Waals surface area (Å²) in [5.74, 6) is -1.46. The maximum atomic E-state index is 13.3. The van der Waals surface area contributed by atoms with Crippen LogP contribution in [0.15, 0.2) is 48.5 Å². The molecule has 0 atom stereocenters. The van der Waals surface area contributed by atoms with Crippen molar-refractivity contribution in [2.24, 2.45) is 5.73 Å². The summed E-state index contributed by atoms with van der Waals surface area (Å²) < 4.78 is 41.4. The first-order valence-corrected chi connectivity index (χ1v) is 8.05. The Kier molecular flexibility index (Phi) is 4.65. The molecule has 27 heavy (non-hydrogen) atoms. The van der Waals surface area contributed by atoms with E-state index < -0.39 is 29.0 Å². The number of nitrogens with zero attached hydrogens (tertiary/aromatic N) is 1. The molecule has 0 aliphatic carbocycles. The van der Waals surface area contributed by atoms with Crippen LogP contribution in [0.1, 0.15) is 27.2 Å². The molecule has 2 aromatic carbocycles. The molecule has 0 bridgehead atoms. The Morgan fingerprint density at radius 2 is 1.70 bits per heavy atom. The SMILES string of the molecule is Cc1c(C(=O)c2ccccc2C(F)(F)F)n(NCC(N)=O)c2ccccc12. The minimum Gasteiger partial charge on any atom is -0.368 e. The Balaban J connectivity index is 2.23. The lowest BCUT2D eigenvalue weighted by molar-refractivity contribution is -0.137. The van der Waals surface area contributed by atoms with E-state index in [0.29, 0.717) is 16.5 Å². The highest BCUT2D eigenvalue weighted by atomic mass is 19.4. The van der Waals surface area contributed by atoms with Crippen molar-refractivity contribution in [3.8, 4) is 0 Å². The minimum absolute atomic E-state index is 0.0224. The molecule has 5 nitrogen and oxygen atoms in total. The number of rotatable bonds is 5. The molecule has 0 saturated carbocycles. The van der Waals surface area contributed by atoms with Crippen LogP contribution < -0.4 is 11.2 Å². The molecule has 0 radical (unpaired) electrons. The third-order valence-corrected chi connectivity index (χ3v) is 4.23. The van der Waals surface area contributed by atoms with E-state index in [1.54, 1.807) is 31.2 Å². The molecule has 140 valence electrons. The van der Waals surface area contributed by atoms with Gasteiger partial charge >= 0.3 is 6.18 Å². The molecule has 1 aromatic heterocycles. The fourth-order valence-electron chi connectivity index (χ4n) is 3.05. The van der Waals surface area contributed by atoms with Gasteiger partial charge in [0, 0.05) is 10.9 Å². The number of ketones is 1.